The van der Waals surface area contributed by atoms with Gasteiger partial charge in [0, 0.05) is 36.2 Å². The van der Waals surface area contributed by atoms with Crippen molar-refractivity contribution in [1.29, 1.82) is 0 Å². The maximum atomic E-state index is 12.9. The van der Waals surface area contributed by atoms with Gasteiger partial charge >= 0.3 is 11.9 Å². The molecule has 0 N–H and O–H groups in total. The first-order valence-electron chi connectivity index (χ1n) is 9.58. The lowest BCUT2D eigenvalue weighted by molar-refractivity contribution is -0.150. The van der Waals surface area contributed by atoms with Crippen molar-refractivity contribution in [1.82, 2.24) is 0 Å². The number of rotatable bonds is 4. The molecule has 0 aromatic heterocycles. The molecule has 2 aliphatic rings. The van der Waals surface area contributed by atoms with E-state index < -0.39 is 17.8 Å². The van der Waals surface area contributed by atoms with Crippen LogP contribution in [-0.4, -0.2) is 29.5 Å². The maximum Gasteiger partial charge on any atom is 0.315 e. The number of ketones is 1. The van der Waals surface area contributed by atoms with Crippen LogP contribution in [0.1, 0.15) is 58.4 Å². The molecule has 0 radical (unpaired) electrons. The molecule has 0 fully saturated rings. The van der Waals surface area contributed by atoms with Crippen LogP contribution in [0.4, 0.5) is 0 Å². The quantitative estimate of drug-likeness (QED) is 0.584. The molecule has 2 atom stereocenters. The van der Waals surface area contributed by atoms with Crippen LogP contribution in [-0.2, 0) is 19.1 Å². The first-order valence-corrected chi connectivity index (χ1v) is 9.58. The van der Waals surface area contributed by atoms with Gasteiger partial charge in [0.1, 0.15) is 11.7 Å². The van der Waals surface area contributed by atoms with Crippen LogP contribution >= 0.6 is 0 Å². The number of hydrogen-bond donors (Lipinski definition) is 0. The summed E-state index contributed by atoms with van der Waals surface area (Å²) in [6.45, 7) is 6.75. The molecule has 1 aliphatic carbocycles. The lowest BCUT2D eigenvalue weighted by atomic mass is 9.72. The average Bonchev–Trinajstić information content (AvgIpc) is 2.60. The van der Waals surface area contributed by atoms with Crippen molar-refractivity contribution in [2.24, 2.45) is 10.9 Å². The third-order valence-corrected chi connectivity index (χ3v) is 4.94. The molecule has 28 heavy (non-hydrogen) atoms. The summed E-state index contributed by atoms with van der Waals surface area (Å²) in [5.74, 6) is -1.42. The van der Waals surface area contributed by atoms with E-state index in [1.807, 2.05) is 6.92 Å². The van der Waals surface area contributed by atoms with Crippen LogP contribution in [0.5, 0.6) is 5.75 Å². The van der Waals surface area contributed by atoms with Crippen molar-refractivity contribution in [2.45, 2.75) is 59.0 Å². The van der Waals surface area contributed by atoms with E-state index >= 15 is 0 Å². The zero-order chi connectivity index (χ0) is 20.4. The molecule has 0 spiro atoms. The van der Waals surface area contributed by atoms with Crippen molar-refractivity contribution in [3.8, 4) is 5.75 Å². The largest absolute Gasteiger partial charge is 0.462 e. The first-order chi connectivity index (χ1) is 13.3. The molecule has 1 aromatic carbocycles. The van der Waals surface area contributed by atoms with Crippen LogP contribution in [0.15, 0.2) is 40.5 Å². The van der Waals surface area contributed by atoms with Crippen molar-refractivity contribution in [2.75, 3.05) is 0 Å². The average molecular weight is 383 g/mol. The molecule has 1 aromatic rings. The van der Waals surface area contributed by atoms with Gasteiger partial charge in [-0.3, -0.25) is 19.4 Å². The fourth-order valence-electron chi connectivity index (χ4n) is 3.89. The second kappa shape index (κ2) is 8.09. The molecule has 1 unspecified atom stereocenters. The fraction of sp³-hybridized carbons (Fsp3) is 0.455. The van der Waals surface area contributed by atoms with Crippen molar-refractivity contribution >= 4 is 23.4 Å². The second-order valence-electron chi connectivity index (χ2n) is 7.49. The number of aliphatic imine (C=N–C) groups is 1. The number of carbonyl (C=O) groups excluding carboxylic acids is 3. The van der Waals surface area contributed by atoms with E-state index in [0.29, 0.717) is 23.5 Å². The van der Waals surface area contributed by atoms with Gasteiger partial charge in [-0.2, -0.15) is 0 Å². The zero-order valence-electron chi connectivity index (χ0n) is 16.7. The van der Waals surface area contributed by atoms with Gasteiger partial charge in [-0.1, -0.05) is 12.1 Å². The normalized spacial score (nSPS) is 21.9. The van der Waals surface area contributed by atoms with E-state index in [-0.39, 0.29) is 17.9 Å². The van der Waals surface area contributed by atoms with Crippen molar-refractivity contribution < 1.29 is 23.9 Å². The van der Waals surface area contributed by atoms with E-state index in [2.05, 4.69) is 4.99 Å². The molecule has 0 amide bonds. The van der Waals surface area contributed by atoms with Crippen molar-refractivity contribution in [3.63, 3.8) is 0 Å². The van der Waals surface area contributed by atoms with Crippen molar-refractivity contribution in [3.05, 3.63) is 41.1 Å². The summed E-state index contributed by atoms with van der Waals surface area (Å²) < 4.78 is 10.6. The molecule has 6 heteroatoms. The van der Waals surface area contributed by atoms with Crippen LogP contribution in [0.2, 0.25) is 0 Å². The third-order valence-electron chi connectivity index (χ3n) is 4.94. The summed E-state index contributed by atoms with van der Waals surface area (Å²) in [7, 11) is 0. The highest BCUT2D eigenvalue weighted by Crippen LogP contribution is 2.43. The van der Waals surface area contributed by atoms with Gasteiger partial charge in [0.25, 0.3) is 0 Å². The van der Waals surface area contributed by atoms with E-state index in [0.717, 1.165) is 24.1 Å². The predicted octanol–water partition coefficient (Wildman–Crippen LogP) is 3.74. The van der Waals surface area contributed by atoms with Crippen LogP contribution in [0.25, 0.3) is 0 Å². The number of Topliss-reactive ketones (excluding diaryl/α,β-unsaturated/α-hetero) is 1. The van der Waals surface area contributed by atoms with Crippen LogP contribution in [0, 0.1) is 5.92 Å². The summed E-state index contributed by atoms with van der Waals surface area (Å²) in [6, 6.07) is 6.94. The zero-order valence-corrected chi connectivity index (χ0v) is 16.7. The number of nitrogens with zero attached hydrogens (tertiary/aromatic N) is 1. The predicted molar refractivity (Wildman–Crippen MR) is 104 cm³/mol. The van der Waals surface area contributed by atoms with E-state index in [1.54, 1.807) is 38.1 Å². The lowest BCUT2D eigenvalue weighted by Crippen LogP contribution is -2.38. The number of benzene rings is 1. The van der Waals surface area contributed by atoms with Crippen LogP contribution < -0.4 is 4.74 Å². The van der Waals surface area contributed by atoms with Gasteiger partial charge < -0.3 is 9.47 Å². The molecule has 148 valence electrons. The molecule has 1 heterocycles. The maximum absolute atomic E-state index is 12.9. The highest BCUT2D eigenvalue weighted by atomic mass is 16.5. The Balaban J connectivity index is 2.06. The molecule has 1 aliphatic heterocycles. The van der Waals surface area contributed by atoms with Gasteiger partial charge in [0.05, 0.1) is 6.10 Å². The SMILES string of the molecule is CC(=O)Oc1ccc([C@@H]2C3=C(CCCC3=O)N=C(C)C2C(=O)OC(C)C)cc1. The lowest BCUT2D eigenvalue weighted by Gasteiger charge is -2.34. The molecular weight excluding hydrogens is 358 g/mol. The van der Waals surface area contributed by atoms with Gasteiger partial charge in [0.2, 0.25) is 0 Å². The van der Waals surface area contributed by atoms with Gasteiger partial charge in [-0.25, -0.2) is 0 Å². The summed E-state index contributed by atoms with van der Waals surface area (Å²) >= 11 is 0. The number of allylic oxidation sites excluding steroid dienone is 2. The van der Waals surface area contributed by atoms with Gasteiger partial charge in [0.15, 0.2) is 5.78 Å². The minimum Gasteiger partial charge on any atom is -0.462 e. The Morgan fingerprint density at radius 1 is 1.14 bits per heavy atom. The Morgan fingerprint density at radius 3 is 2.43 bits per heavy atom. The summed E-state index contributed by atoms with van der Waals surface area (Å²) in [6.07, 6.45) is 1.70. The van der Waals surface area contributed by atoms with E-state index in [9.17, 15) is 14.4 Å². The highest BCUT2D eigenvalue weighted by Gasteiger charge is 2.43. The molecular formula is C22H25NO5. The minimum absolute atomic E-state index is 0.0360. The molecule has 0 saturated heterocycles. The molecule has 3 rings (SSSR count). The number of hydrogen-bond acceptors (Lipinski definition) is 6. The number of esters is 2. The Labute approximate surface area is 164 Å². The van der Waals surface area contributed by atoms with E-state index in [1.165, 1.54) is 6.92 Å². The first kappa shape index (κ1) is 20.0. The molecule has 6 nitrogen and oxygen atoms in total. The Kier molecular flexibility index (Phi) is 5.77. The minimum atomic E-state index is -0.650. The monoisotopic (exact) mass is 383 g/mol. The number of carbonyl (C=O) groups is 3. The summed E-state index contributed by atoms with van der Waals surface area (Å²) in [4.78, 5) is 41.4. The van der Waals surface area contributed by atoms with Crippen LogP contribution in [0.3, 0.4) is 0 Å². The summed E-state index contributed by atoms with van der Waals surface area (Å²) in [5, 5.41) is 0. The Hall–Kier alpha value is -2.76. The third kappa shape index (κ3) is 4.06. The molecule has 0 saturated carbocycles. The van der Waals surface area contributed by atoms with E-state index in [4.69, 9.17) is 9.47 Å². The Bertz CT molecular complexity index is 863. The number of ether oxygens (including phenoxy) is 2. The second-order valence-corrected chi connectivity index (χ2v) is 7.49. The highest BCUT2D eigenvalue weighted by molar-refractivity contribution is 6.08. The smallest absolute Gasteiger partial charge is 0.315 e. The summed E-state index contributed by atoms with van der Waals surface area (Å²) in [5.41, 5.74) is 2.85. The van der Waals surface area contributed by atoms with Gasteiger partial charge in [-0.05, 0) is 51.3 Å². The standard InChI is InChI=1S/C22H25NO5/c1-12(2)27-22(26)19-13(3)23-17-6-5-7-18(25)21(17)20(19)15-8-10-16(11-9-15)28-14(4)24/h8-12,19-20H,5-7H2,1-4H3/t19?,20-/m0/s1. The van der Waals surface area contributed by atoms with Gasteiger partial charge in [-0.15, -0.1) is 0 Å². The molecule has 0 bridgehead atoms. The fourth-order valence-corrected chi connectivity index (χ4v) is 3.89. The Morgan fingerprint density at radius 2 is 1.82 bits per heavy atom. The topological polar surface area (TPSA) is 82.0 Å².